The van der Waals surface area contributed by atoms with E-state index in [-0.39, 0.29) is 18.0 Å². The number of aromatic nitrogens is 4. The summed E-state index contributed by atoms with van der Waals surface area (Å²) in [5.74, 6) is 1.97. The maximum absolute atomic E-state index is 11.9. The van der Waals surface area contributed by atoms with Crippen LogP contribution in [0.3, 0.4) is 0 Å². The van der Waals surface area contributed by atoms with Crippen molar-refractivity contribution >= 4 is 22.8 Å². The Bertz CT molecular complexity index is 1300. The van der Waals surface area contributed by atoms with Gasteiger partial charge in [0.25, 0.3) is 0 Å². The predicted molar refractivity (Wildman–Crippen MR) is 135 cm³/mol. The second-order valence-electron chi connectivity index (χ2n) is 8.79. The van der Waals surface area contributed by atoms with Crippen LogP contribution in [0.2, 0.25) is 0 Å². The fraction of sp³-hybridized carbons (Fsp3) is 0.308. The van der Waals surface area contributed by atoms with Crippen LogP contribution in [0.1, 0.15) is 31.7 Å². The van der Waals surface area contributed by atoms with Gasteiger partial charge in [0.05, 0.1) is 18.0 Å². The zero-order valence-corrected chi connectivity index (χ0v) is 19.6. The first-order valence-corrected chi connectivity index (χ1v) is 11.9. The number of rotatable bonds is 7. The molecule has 1 aliphatic carbocycles. The molecular formula is C26H29N7O2. The van der Waals surface area contributed by atoms with Crippen molar-refractivity contribution in [2.24, 2.45) is 0 Å². The SMILES string of the molecule is CNCC(=O)NC1CCC(n2nc(-c3ccc(Oc4ccccc4)cc3)c3c(N)ncnc32)CC1. The molecule has 4 N–H and O–H groups in total. The van der Waals surface area contributed by atoms with Gasteiger partial charge >= 0.3 is 0 Å². The average Bonchev–Trinajstić information content (AvgIpc) is 3.27. The van der Waals surface area contributed by atoms with E-state index in [0.717, 1.165) is 59.5 Å². The number of ether oxygens (including phenoxy) is 1. The minimum Gasteiger partial charge on any atom is -0.457 e. The van der Waals surface area contributed by atoms with Gasteiger partial charge in [-0.2, -0.15) is 5.10 Å². The first-order chi connectivity index (χ1) is 17.1. The van der Waals surface area contributed by atoms with Crippen LogP contribution in [0.5, 0.6) is 11.5 Å². The summed E-state index contributed by atoms with van der Waals surface area (Å²) in [7, 11) is 1.77. The van der Waals surface area contributed by atoms with Gasteiger partial charge in [-0.15, -0.1) is 0 Å². The number of carbonyl (C=O) groups excluding carboxylic acids is 1. The van der Waals surface area contributed by atoms with Crippen molar-refractivity contribution in [1.82, 2.24) is 30.4 Å². The van der Waals surface area contributed by atoms with Gasteiger partial charge < -0.3 is 21.1 Å². The molecule has 9 heteroatoms. The zero-order valence-electron chi connectivity index (χ0n) is 19.6. The summed E-state index contributed by atoms with van der Waals surface area (Å²) in [6.45, 7) is 0.332. The van der Waals surface area contributed by atoms with E-state index in [0.29, 0.717) is 12.4 Å². The lowest BCUT2D eigenvalue weighted by atomic mass is 9.91. The molecule has 1 saturated carbocycles. The van der Waals surface area contributed by atoms with Crippen LogP contribution in [-0.4, -0.2) is 45.3 Å². The second kappa shape index (κ2) is 10.1. The molecule has 0 aliphatic heterocycles. The average molecular weight is 472 g/mol. The highest BCUT2D eigenvalue weighted by Crippen LogP contribution is 2.36. The lowest BCUT2D eigenvalue weighted by Gasteiger charge is -2.29. The highest BCUT2D eigenvalue weighted by molar-refractivity contribution is 5.98. The molecule has 9 nitrogen and oxygen atoms in total. The fourth-order valence-electron chi connectivity index (χ4n) is 4.66. The van der Waals surface area contributed by atoms with Gasteiger partial charge in [-0.1, -0.05) is 18.2 Å². The topological polar surface area (TPSA) is 120 Å². The number of amides is 1. The number of fused-ring (bicyclic) bond motifs is 1. The van der Waals surface area contributed by atoms with Crippen LogP contribution in [0, 0.1) is 0 Å². The summed E-state index contributed by atoms with van der Waals surface area (Å²) in [5.41, 5.74) is 8.71. The Labute approximate surface area is 203 Å². The van der Waals surface area contributed by atoms with E-state index in [1.54, 1.807) is 7.05 Å². The fourth-order valence-corrected chi connectivity index (χ4v) is 4.66. The third-order valence-electron chi connectivity index (χ3n) is 6.37. The van der Waals surface area contributed by atoms with Gasteiger partial charge in [0.15, 0.2) is 5.65 Å². The Morgan fingerprint density at radius 2 is 1.74 bits per heavy atom. The number of nitrogens with one attached hydrogen (secondary N) is 2. The first kappa shape index (κ1) is 22.8. The van der Waals surface area contributed by atoms with E-state index >= 15 is 0 Å². The monoisotopic (exact) mass is 471 g/mol. The van der Waals surface area contributed by atoms with Crippen molar-refractivity contribution in [2.45, 2.75) is 37.8 Å². The Morgan fingerprint density at radius 1 is 1.03 bits per heavy atom. The molecule has 0 atom stereocenters. The summed E-state index contributed by atoms with van der Waals surface area (Å²) in [6, 6.07) is 17.8. The van der Waals surface area contributed by atoms with Crippen molar-refractivity contribution in [3.63, 3.8) is 0 Å². The number of likely N-dealkylation sites (N-methyl/N-ethyl adjacent to an activating group) is 1. The molecule has 4 aromatic rings. The Morgan fingerprint density at radius 3 is 2.46 bits per heavy atom. The molecule has 180 valence electrons. The molecule has 2 aromatic carbocycles. The smallest absolute Gasteiger partial charge is 0.234 e. The molecule has 1 fully saturated rings. The molecule has 0 bridgehead atoms. The standard InChI is InChI=1S/C26H29N7O2/c1-28-15-22(34)31-18-9-11-19(12-10-18)33-26-23(25(27)29-16-30-26)24(32-33)17-7-13-21(14-8-17)35-20-5-3-2-4-6-20/h2-8,13-14,16,18-19,28H,9-12,15H2,1H3,(H,31,34)(H2,27,29,30). The van der Waals surface area contributed by atoms with Crippen molar-refractivity contribution in [1.29, 1.82) is 0 Å². The predicted octanol–water partition coefficient (Wildman–Crippen LogP) is 3.69. The minimum absolute atomic E-state index is 0.0305. The molecule has 0 radical (unpaired) electrons. The van der Waals surface area contributed by atoms with Crippen LogP contribution in [-0.2, 0) is 4.79 Å². The van der Waals surface area contributed by atoms with Crippen molar-refractivity contribution in [2.75, 3.05) is 19.3 Å². The van der Waals surface area contributed by atoms with Gasteiger partial charge in [-0.3, -0.25) is 4.79 Å². The summed E-state index contributed by atoms with van der Waals surface area (Å²) in [6.07, 6.45) is 5.06. The van der Waals surface area contributed by atoms with Gasteiger partial charge in [0.2, 0.25) is 5.91 Å². The number of nitrogens with zero attached hydrogens (tertiary/aromatic N) is 4. The molecule has 1 aliphatic rings. The molecule has 1 amide bonds. The van der Waals surface area contributed by atoms with Crippen LogP contribution >= 0.6 is 0 Å². The number of hydrogen-bond donors (Lipinski definition) is 3. The molecule has 0 saturated heterocycles. The number of carbonyl (C=O) groups is 1. The highest BCUT2D eigenvalue weighted by atomic mass is 16.5. The largest absolute Gasteiger partial charge is 0.457 e. The van der Waals surface area contributed by atoms with Crippen LogP contribution < -0.4 is 21.1 Å². The summed E-state index contributed by atoms with van der Waals surface area (Å²) in [4.78, 5) is 20.7. The third-order valence-corrected chi connectivity index (χ3v) is 6.37. The van der Waals surface area contributed by atoms with Gasteiger partial charge in [-0.25, -0.2) is 14.6 Å². The number of anilines is 1. The number of nitrogen functional groups attached to an aromatic ring is 1. The van der Waals surface area contributed by atoms with E-state index in [1.807, 2.05) is 59.3 Å². The lowest BCUT2D eigenvalue weighted by Crippen LogP contribution is -2.41. The maximum atomic E-state index is 11.9. The molecule has 2 heterocycles. The number of benzene rings is 2. The van der Waals surface area contributed by atoms with Crippen molar-refractivity contribution in [3.8, 4) is 22.8 Å². The number of para-hydroxylation sites is 1. The number of nitrogens with two attached hydrogens (primary N) is 1. The zero-order chi connectivity index (χ0) is 24.2. The van der Waals surface area contributed by atoms with Crippen LogP contribution in [0.4, 0.5) is 5.82 Å². The maximum Gasteiger partial charge on any atom is 0.234 e. The molecular weight excluding hydrogens is 442 g/mol. The normalized spacial score (nSPS) is 17.9. The Kier molecular flexibility index (Phi) is 6.58. The molecule has 0 unspecified atom stereocenters. The number of hydrogen-bond acceptors (Lipinski definition) is 7. The van der Waals surface area contributed by atoms with Gasteiger partial charge in [-0.05, 0) is 69.1 Å². The Hall–Kier alpha value is -3.98. The van der Waals surface area contributed by atoms with E-state index in [2.05, 4.69) is 20.6 Å². The third kappa shape index (κ3) is 4.95. The van der Waals surface area contributed by atoms with E-state index < -0.39 is 0 Å². The van der Waals surface area contributed by atoms with Crippen LogP contribution in [0.25, 0.3) is 22.3 Å². The summed E-state index contributed by atoms with van der Waals surface area (Å²) >= 11 is 0. The highest BCUT2D eigenvalue weighted by Gasteiger charge is 2.27. The molecule has 5 rings (SSSR count). The summed E-state index contributed by atoms with van der Waals surface area (Å²) in [5, 5.41) is 11.7. The second-order valence-corrected chi connectivity index (χ2v) is 8.79. The van der Waals surface area contributed by atoms with Gasteiger partial charge in [0.1, 0.15) is 29.3 Å². The van der Waals surface area contributed by atoms with Crippen molar-refractivity contribution < 1.29 is 9.53 Å². The summed E-state index contributed by atoms with van der Waals surface area (Å²) < 4.78 is 7.91. The molecule has 35 heavy (non-hydrogen) atoms. The Balaban J connectivity index is 1.38. The van der Waals surface area contributed by atoms with Gasteiger partial charge in [0, 0.05) is 11.6 Å². The van der Waals surface area contributed by atoms with E-state index in [4.69, 9.17) is 15.6 Å². The van der Waals surface area contributed by atoms with E-state index in [9.17, 15) is 4.79 Å². The minimum atomic E-state index is 0.0305. The first-order valence-electron chi connectivity index (χ1n) is 11.9. The van der Waals surface area contributed by atoms with E-state index in [1.165, 1.54) is 6.33 Å². The lowest BCUT2D eigenvalue weighted by molar-refractivity contribution is -0.121. The van der Waals surface area contributed by atoms with Crippen molar-refractivity contribution in [3.05, 3.63) is 60.9 Å². The molecule has 0 spiro atoms. The quantitative estimate of drug-likeness (QED) is 0.376. The van der Waals surface area contributed by atoms with Crippen LogP contribution in [0.15, 0.2) is 60.9 Å². The molecule has 2 aromatic heterocycles.